The van der Waals surface area contributed by atoms with Crippen LogP contribution in [0.1, 0.15) is 4.88 Å². The Morgan fingerprint density at radius 2 is 2.38 bits per heavy atom. The maximum absolute atomic E-state index is 11.5. The summed E-state index contributed by atoms with van der Waals surface area (Å²) >= 11 is 7.43. The minimum Gasteiger partial charge on any atom is -0.377 e. The molecule has 0 radical (unpaired) electrons. The predicted octanol–water partition coefficient (Wildman–Crippen LogP) is 1.50. The van der Waals surface area contributed by atoms with Crippen molar-refractivity contribution in [3.05, 3.63) is 38.2 Å². The van der Waals surface area contributed by atoms with Crippen LogP contribution >= 0.6 is 22.9 Å². The monoisotopic (exact) mass is 256 g/mol. The summed E-state index contributed by atoms with van der Waals surface area (Å²) in [4.78, 5) is 16.5. The van der Waals surface area contributed by atoms with Gasteiger partial charge in [-0.3, -0.25) is 9.78 Å². The number of halogens is 1. The average Bonchev–Trinajstić information content (AvgIpc) is 2.78. The molecule has 2 aromatic heterocycles. The first kappa shape index (κ1) is 11.1. The van der Waals surface area contributed by atoms with Crippen LogP contribution in [-0.2, 0) is 13.6 Å². The van der Waals surface area contributed by atoms with E-state index in [4.69, 9.17) is 11.6 Å². The van der Waals surface area contributed by atoms with E-state index >= 15 is 0 Å². The summed E-state index contributed by atoms with van der Waals surface area (Å²) in [7, 11) is 1.56. The second-order valence-electron chi connectivity index (χ2n) is 3.12. The quantitative estimate of drug-likeness (QED) is 0.904. The van der Waals surface area contributed by atoms with Gasteiger partial charge in [0.25, 0.3) is 5.56 Å². The van der Waals surface area contributed by atoms with Crippen LogP contribution in [0, 0.1) is 0 Å². The van der Waals surface area contributed by atoms with E-state index in [1.807, 2.05) is 0 Å². The van der Waals surface area contributed by atoms with E-state index in [0.29, 0.717) is 12.2 Å². The normalized spacial score (nSPS) is 10.4. The molecule has 0 aliphatic heterocycles. The smallest absolute Gasteiger partial charge is 0.287 e. The molecule has 16 heavy (non-hydrogen) atoms. The molecule has 2 rings (SSSR count). The van der Waals surface area contributed by atoms with Crippen molar-refractivity contribution < 1.29 is 0 Å². The largest absolute Gasteiger partial charge is 0.377 e. The zero-order valence-electron chi connectivity index (χ0n) is 8.48. The molecule has 0 aliphatic carbocycles. The van der Waals surface area contributed by atoms with Crippen molar-refractivity contribution in [3.8, 4) is 0 Å². The minimum atomic E-state index is -0.309. The summed E-state index contributed by atoms with van der Waals surface area (Å²) in [6.07, 6.45) is 3.30. The number of aryl methyl sites for hydroxylation is 1. The fraction of sp³-hybridized carbons (Fsp3) is 0.222. The van der Waals surface area contributed by atoms with E-state index in [-0.39, 0.29) is 10.6 Å². The van der Waals surface area contributed by atoms with Crippen LogP contribution in [0.5, 0.6) is 0 Å². The fourth-order valence-electron chi connectivity index (χ4n) is 1.15. The summed E-state index contributed by atoms with van der Waals surface area (Å²) in [5.74, 6) is 0. The summed E-state index contributed by atoms with van der Waals surface area (Å²) in [6, 6.07) is 0. The highest BCUT2D eigenvalue weighted by atomic mass is 35.5. The second-order valence-corrected chi connectivity index (χ2v) is 4.47. The van der Waals surface area contributed by atoms with Crippen LogP contribution in [0.25, 0.3) is 0 Å². The van der Waals surface area contributed by atoms with Crippen LogP contribution in [0.4, 0.5) is 5.69 Å². The molecule has 84 valence electrons. The van der Waals surface area contributed by atoms with Gasteiger partial charge in [-0.25, -0.2) is 4.68 Å². The second kappa shape index (κ2) is 4.63. The fourth-order valence-corrected chi connectivity index (χ4v) is 1.92. The Morgan fingerprint density at radius 3 is 3.06 bits per heavy atom. The van der Waals surface area contributed by atoms with E-state index in [9.17, 15) is 4.79 Å². The van der Waals surface area contributed by atoms with Gasteiger partial charge in [0.15, 0.2) is 0 Å². The number of anilines is 1. The third kappa shape index (κ3) is 2.23. The van der Waals surface area contributed by atoms with Crippen molar-refractivity contribution in [1.29, 1.82) is 0 Å². The Bertz CT molecular complexity index is 537. The molecule has 1 N–H and O–H groups in total. The van der Waals surface area contributed by atoms with Crippen LogP contribution < -0.4 is 10.9 Å². The molecular weight excluding hydrogens is 248 g/mol. The van der Waals surface area contributed by atoms with Gasteiger partial charge in [-0.2, -0.15) is 5.10 Å². The predicted molar refractivity (Wildman–Crippen MR) is 63.9 cm³/mol. The Hall–Kier alpha value is -1.40. The standard InChI is InChI=1S/C9H9ClN4OS/c1-14-9(15)8(10)7(4-13-14)12-3-6-2-11-5-16-6/h2,4-5,12H,3H2,1H3. The lowest BCUT2D eigenvalue weighted by Crippen LogP contribution is -2.20. The van der Waals surface area contributed by atoms with Crippen LogP contribution in [0.3, 0.4) is 0 Å². The molecule has 5 nitrogen and oxygen atoms in total. The number of hydrogen-bond donors (Lipinski definition) is 1. The van der Waals surface area contributed by atoms with Crippen molar-refractivity contribution >= 4 is 28.6 Å². The molecule has 7 heteroatoms. The van der Waals surface area contributed by atoms with Gasteiger partial charge >= 0.3 is 0 Å². The number of nitrogens with one attached hydrogen (secondary N) is 1. The highest BCUT2D eigenvalue weighted by molar-refractivity contribution is 7.09. The molecule has 0 saturated carbocycles. The van der Waals surface area contributed by atoms with E-state index in [2.05, 4.69) is 15.4 Å². The molecule has 0 aliphatic rings. The van der Waals surface area contributed by atoms with Gasteiger partial charge in [-0.15, -0.1) is 11.3 Å². The molecule has 0 atom stereocenters. The molecule has 2 heterocycles. The van der Waals surface area contributed by atoms with Crippen molar-refractivity contribution in [2.24, 2.45) is 7.05 Å². The zero-order chi connectivity index (χ0) is 11.5. The first-order chi connectivity index (χ1) is 7.68. The van der Waals surface area contributed by atoms with Gasteiger partial charge in [0.05, 0.1) is 23.9 Å². The van der Waals surface area contributed by atoms with Crippen molar-refractivity contribution in [1.82, 2.24) is 14.8 Å². The van der Waals surface area contributed by atoms with Gasteiger partial charge in [0, 0.05) is 18.1 Å². The lowest BCUT2D eigenvalue weighted by atomic mass is 10.4. The molecule has 2 aromatic rings. The van der Waals surface area contributed by atoms with E-state index in [1.165, 1.54) is 22.2 Å². The molecule has 0 amide bonds. The van der Waals surface area contributed by atoms with Crippen LogP contribution in [0.2, 0.25) is 5.02 Å². The van der Waals surface area contributed by atoms with Gasteiger partial charge < -0.3 is 5.32 Å². The summed E-state index contributed by atoms with van der Waals surface area (Å²) in [6.45, 7) is 0.583. The Balaban J connectivity index is 2.16. The summed E-state index contributed by atoms with van der Waals surface area (Å²) in [5.41, 5.74) is 1.98. The maximum Gasteiger partial charge on any atom is 0.287 e. The summed E-state index contributed by atoms with van der Waals surface area (Å²) < 4.78 is 1.19. The van der Waals surface area contributed by atoms with E-state index in [0.717, 1.165) is 4.88 Å². The highest BCUT2D eigenvalue weighted by Gasteiger charge is 2.06. The molecule has 0 aromatic carbocycles. The third-order valence-corrected chi connectivity index (χ3v) is 3.16. The average molecular weight is 257 g/mol. The number of nitrogens with zero attached hydrogens (tertiary/aromatic N) is 3. The highest BCUT2D eigenvalue weighted by Crippen LogP contribution is 2.16. The lowest BCUT2D eigenvalue weighted by molar-refractivity contribution is 0.708. The van der Waals surface area contributed by atoms with Gasteiger partial charge in [0.2, 0.25) is 0 Å². The first-order valence-corrected chi connectivity index (χ1v) is 5.77. The van der Waals surface area contributed by atoms with E-state index < -0.39 is 0 Å². The number of hydrogen-bond acceptors (Lipinski definition) is 5. The van der Waals surface area contributed by atoms with Crippen molar-refractivity contribution in [3.63, 3.8) is 0 Å². The van der Waals surface area contributed by atoms with Crippen molar-refractivity contribution in [2.75, 3.05) is 5.32 Å². The van der Waals surface area contributed by atoms with Crippen LogP contribution in [0.15, 0.2) is 22.7 Å². The Morgan fingerprint density at radius 1 is 1.56 bits per heavy atom. The zero-order valence-corrected chi connectivity index (χ0v) is 10.0. The topological polar surface area (TPSA) is 59.8 Å². The molecular formula is C9H9ClN4OS. The Labute approximate surface area is 101 Å². The SMILES string of the molecule is Cn1ncc(NCc2cncs2)c(Cl)c1=O. The molecule has 0 saturated heterocycles. The van der Waals surface area contributed by atoms with Gasteiger partial charge in [0.1, 0.15) is 5.02 Å². The summed E-state index contributed by atoms with van der Waals surface area (Å²) in [5, 5.41) is 7.09. The molecule has 0 spiro atoms. The maximum atomic E-state index is 11.5. The lowest BCUT2D eigenvalue weighted by Gasteiger charge is -2.06. The van der Waals surface area contributed by atoms with Crippen molar-refractivity contribution in [2.45, 2.75) is 6.54 Å². The minimum absolute atomic E-state index is 0.155. The van der Waals surface area contributed by atoms with Gasteiger partial charge in [-0.1, -0.05) is 11.6 Å². The van der Waals surface area contributed by atoms with Gasteiger partial charge in [-0.05, 0) is 0 Å². The van der Waals surface area contributed by atoms with Crippen LogP contribution in [-0.4, -0.2) is 14.8 Å². The molecule has 0 fully saturated rings. The van der Waals surface area contributed by atoms with E-state index in [1.54, 1.807) is 18.8 Å². The Kier molecular flexibility index (Phi) is 3.21. The number of rotatable bonds is 3. The number of thiazole rings is 1. The third-order valence-electron chi connectivity index (χ3n) is 2.01. The molecule has 0 unspecified atom stereocenters. The molecule has 0 bridgehead atoms. The first-order valence-electron chi connectivity index (χ1n) is 4.51. The number of aromatic nitrogens is 3.